The van der Waals surface area contributed by atoms with Gasteiger partial charge in [0.25, 0.3) is 5.91 Å². The third kappa shape index (κ3) is 4.23. The van der Waals surface area contributed by atoms with Gasteiger partial charge in [0, 0.05) is 24.8 Å². The zero-order chi connectivity index (χ0) is 23.9. The Morgan fingerprint density at radius 2 is 2.09 bits per heavy atom. The molecule has 2 bridgehead atoms. The van der Waals surface area contributed by atoms with E-state index in [1.165, 1.54) is 29.8 Å². The number of hydrogen-bond acceptors (Lipinski definition) is 7. The monoisotopic (exact) mass is 473 g/mol. The molecule has 34 heavy (non-hydrogen) atoms. The summed E-state index contributed by atoms with van der Waals surface area (Å²) >= 11 is 0. The Balaban J connectivity index is 1.41. The van der Waals surface area contributed by atoms with Crippen LogP contribution in [0.3, 0.4) is 0 Å². The first kappa shape index (κ1) is 21.7. The molecule has 0 spiro atoms. The molecule has 0 unspecified atom stereocenters. The molecule has 0 aliphatic carbocycles. The number of aromatic nitrogens is 3. The van der Waals surface area contributed by atoms with E-state index in [0.717, 1.165) is 0 Å². The highest BCUT2D eigenvalue weighted by Crippen LogP contribution is 2.39. The number of halogens is 3. The van der Waals surface area contributed by atoms with Crippen molar-refractivity contribution in [2.24, 2.45) is 0 Å². The minimum atomic E-state index is -4.55. The van der Waals surface area contributed by atoms with Crippen molar-refractivity contribution in [1.82, 2.24) is 20.3 Å². The quantitative estimate of drug-likeness (QED) is 0.598. The summed E-state index contributed by atoms with van der Waals surface area (Å²) in [6.45, 7) is -0.216. The molecule has 2 aliphatic rings. The van der Waals surface area contributed by atoms with Crippen LogP contribution in [-0.4, -0.2) is 58.7 Å². The first-order chi connectivity index (χ1) is 16.3. The Kier molecular flexibility index (Phi) is 5.30. The Morgan fingerprint density at radius 1 is 1.24 bits per heavy atom. The van der Waals surface area contributed by atoms with E-state index in [9.17, 15) is 22.8 Å². The van der Waals surface area contributed by atoms with E-state index in [0.29, 0.717) is 36.5 Å². The normalized spacial score (nSPS) is 16.9. The summed E-state index contributed by atoms with van der Waals surface area (Å²) in [7, 11) is 0. The van der Waals surface area contributed by atoms with E-state index in [2.05, 4.69) is 20.3 Å². The number of fused-ring (bicyclic) bond motifs is 4. The summed E-state index contributed by atoms with van der Waals surface area (Å²) in [5.41, 5.74) is 1.07. The van der Waals surface area contributed by atoms with Gasteiger partial charge in [-0.15, -0.1) is 0 Å². The zero-order valence-corrected chi connectivity index (χ0v) is 17.5. The van der Waals surface area contributed by atoms with Gasteiger partial charge in [-0.1, -0.05) is 0 Å². The molecule has 5 rings (SSSR count). The van der Waals surface area contributed by atoms with Gasteiger partial charge in [-0.05, 0) is 30.7 Å². The average molecular weight is 473 g/mol. The van der Waals surface area contributed by atoms with Crippen molar-refractivity contribution in [2.45, 2.75) is 18.6 Å². The van der Waals surface area contributed by atoms with E-state index < -0.39 is 24.7 Å². The summed E-state index contributed by atoms with van der Waals surface area (Å²) in [5.74, 6) is -0.00379. The molecule has 176 valence electrons. The van der Waals surface area contributed by atoms with Crippen LogP contribution in [0.1, 0.15) is 16.9 Å². The lowest BCUT2D eigenvalue weighted by atomic mass is 10.1. The Labute approximate surface area is 190 Å². The van der Waals surface area contributed by atoms with E-state index in [1.807, 2.05) is 4.90 Å². The van der Waals surface area contributed by atoms with Crippen molar-refractivity contribution in [1.29, 1.82) is 0 Å². The van der Waals surface area contributed by atoms with Crippen molar-refractivity contribution in [3.63, 3.8) is 0 Å². The van der Waals surface area contributed by atoms with Crippen LogP contribution in [0.15, 0.2) is 47.5 Å². The fourth-order valence-corrected chi connectivity index (χ4v) is 4.05. The summed E-state index contributed by atoms with van der Waals surface area (Å²) < 4.78 is 42.7. The van der Waals surface area contributed by atoms with Crippen LogP contribution in [0, 0.1) is 0 Å². The summed E-state index contributed by atoms with van der Waals surface area (Å²) in [6, 6.07) is 5.53. The lowest BCUT2D eigenvalue weighted by molar-refractivity contribution is -0.123. The van der Waals surface area contributed by atoms with Gasteiger partial charge >= 0.3 is 12.2 Å². The Morgan fingerprint density at radius 3 is 2.85 bits per heavy atom. The number of nitrogens with zero attached hydrogens (tertiary/aromatic N) is 5. The molecule has 0 radical (unpaired) electrons. The molecule has 10 nitrogen and oxygen atoms in total. The number of carbonyl (C=O) groups excluding carboxylic acids is 2. The highest BCUT2D eigenvalue weighted by molar-refractivity contribution is 6.05. The smallest absolute Gasteiger partial charge is 0.405 e. The molecule has 2 N–H and O–H groups in total. The van der Waals surface area contributed by atoms with Crippen LogP contribution in [0.5, 0.6) is 0 Å². The zero-order valence-electron chi connectivity index (χ0n) is 17.5. The fourth-order valence-electron chi connectivity index (χ4n) is 4.05. The minimum absolute atomic E-state index is 0.206. The molecule has 13 heteroatoms. The van der Waals surface area contributed by atoms with Crippen LogP contribution in [0.4, 0.5) is 35.3 Å². The first-order valence-electron chi connectivity index (χ1n) is 10.3. The molecule has 0 aromatic carbocycles. The second kappa shape index (κ2) is 8.32. The lowest BCUT2D eigenvalue weighted by Gasteiger charge is -2.35. The number of oxazole rings is 1. The molecular weight excluding hydrogens is 455 g/mol. The first-order valence-corrected chi connectivity index (χ1v) is 10.3. The van der Waals surface area contributed by atoms with Crippen molar-refractivity contribution < 1.29 is 27.2 Å². The predicted octanol–water partition coefficient (Wildman–Crippen LogP) is 3.05. The van der Waals surface area contributed by atoms with Crippen molar-refractivity contribution in [3.05, 3.63) is 48.7 Å². The number of hydrogen-bond donors (Lipinski definition) is 2. The largest absolute Gasteiger partial charge is 0.444 e. The van der Waals surface area contributed by atoms with Crippen LogP contribution >= 0.6 is 0 Å². The number of rotatable bonds is 4. The molecule has 3 aromatic rings. The minimum Gasteiger partial charge on any atom is -0.444 e. The third-order valence-electron chi connectivity index (χ3n) is 5.56. The fraction of sp³-hybridized carbons (Fsp3) is 0.286. The number of urea groups is 1. The standard InChI is InChI=1S/C21H18F3N7O3/c22-21(23,24)10-27-19(32)14-1-2-15-18(28-14)31(13-4-6-30(15)9-13)20(33)29-17-7-12(3-5-26-17)16-8-25-11-34-16/h1-3,5,7-8,11,13H,4,6,9-10H2,(H,27,32)(H,26,29,33)/t13-/m0/s1. The lowest BCUT2D eigenvalue weighted by Crippen LogP contribution is -2.48. The molecular formula is C21H18F3N7O3. The summed E-state index contributed by atoms with van der Waals surface area (Å²) in [6.07, 6.45) is 0.456. The Bertz CT molecular complexity index is 1230. The molecule has 3 amide bonds. The maximum Gasteiger partial charge on any atom is 0.405 e. The number of alkyl halides is 3. The van der Waals surface area contributed by atoms with E-state index in [4.69, 9.17) is 4.42 Å². The van der Waals surface area contributed by atoms with Crippen LogP contribution in [0.25, 0.3) is 11.3 Å². The molecule has 2 aliphatic heterocycles. The number of anilines is 3. The number of pyridine rings is 2. The van der Waals surface area contributed by atoms with Crippen molar-refractivity contribution in [3.8, 4) is 11.3 Å². The molecule has 1 fully saturated rings. The number of nitrogens with one attached hydrogen (secondary N) is 2. The topological polar surface area (TPSA) is 116 Å². The SMILES string of the molecule is O=C(NCC(F)(F)F)c1ccc2c(n1)N(C(=O)Nc1cc(-c3cnco3)ccn1)[C@H]1CCN2C1. The van der Waals surface area contributed by atoms with Gasteiger partial charge in [0.2, 0.25) is 0 Å². The van der Waals surface area contributed by atoms with E-state index in [-0.39, 0.29) is 23.4 Å². The van der Waals surface area contributed by atoms with Crippen LogP contribution in [0.2, 0.25) is 0 Å². The van der Waals surface area contributed by atoms with Gasteiger partial charge in [-0.2, -0.15) is 13.2 Å². The van der Waals surface area contributed by atoms with Crippen LogP contribution in [-0.2, 0) is 0 Å². The molecule has 1 atom stereocenters. The van der Waals surface area contributed by atoms with Gasteiger partial charge in [0.05, 0.1) is 17.9 Å². The second-order valence-electron chi connectivity index (χ2n) is 7.82. The van der Waals surface area contributed by atoms with Crippen molar-refractivity contribution >= 4 is 29.3 Å². The summed E-state index contributed by atoms with van der Waals surface area (Å²) in [4.78, 5) is 41.3. The van der Waals surface area contributed by atoms with E-state index in [1.54, 1.807) is 23.5 Å². The number of carbonyl (C=O) groups is 2. The molecule has 0 saturated carbocycles. The third-order valence-corrected chi connectivity index (χ3v) is 5.56. The van der Waals surface area contributed by atoms with Gasteiger partial charge in [-0.3, -0.25) is 15.0 Å². The maximum atomic E-state index is 13.3. The average Bonchev–Trinajstić information content (AvgIpc) is 3.48. The van der Waals surface area contributed by atoms with Gasteiger partial charge in [0.1, 0.15) is 18.1 Å². The van der Waals surface area contributed by atoms with Crippen LogP contribution < -0.4 is 20.4 Å². The van der Waals surface area contributed by atoms with Gasteiger partial charge in [0.15, 0.2) is 18.0 Å². The van der Waals surface area contributed by atoms with Gasteiger partial charge < -0.3 is 14.6 Å². The van der Waals surface area contributed by atoms with Crippen molar-refractivity contribution in [2.75, 3.05) is 34.8 Å². The maximum absolute atomic E-state index is 13.3. The Hall–Kier alpha value is -4.16. The van der Waals surface area contributed by atoms with E-state index >= 15 is 0 Å². The summed E-state index contributed by atoms with van der Waals surface area (Å²) in [5, 5.41) is 4.54. The second-order valence-corrected chi connectivity index (χ2v) is 7.82. The van der Waals surface area contributed by atoms with Gasteiger partial charge in [-0.25, -0.2) is 19.7 Å². The molecule has 3 aromatic heterocycles. The predicted molar refractivity (Wildman–Crippen MR) is 114 cm³/mol. The highest BCUT2D eigenvalue weighted by Gasteiger charge is 2.40. The molecule has 1 saturated heterocycles. The molecule has 5 heterocycles. The number of amides is 3. The highest BCUT2D eigenvalue weighted by atomic mass is 19.4.